The highest BCUT2D eigenvalue weighted by atomic mass is 32.2. The molecule has 0 aliphatic carbocycles. The van der Waals surface area contributed by atoms with Crippen LogP contribution >= 0.6 is 11.8 Å². The van der Waals surface area contributed by atoms with Gasteiger partial charge in [-0.2, -0.15) is 0 Å². The second-order valence-corrected chi connectivity index (χ2v) is 6.56. The van der Waals surface area contributed by atoms with Gasteiger partial charge < -0.3 is 15.5 Å². The van der Waals surface area contributed by atoms with Crippen LogP contribution in [-0.2, 0) is 4.79 Å². The van der Waals surface area contributed by atoms with E-state index in [9.17, 15) is 9.59 Å². The van der Waals surface area contributed by atoms with Crippen LogP contribution in [0, 0.1) is 0 Å². The molecule has 0 unspecified atom stereocenters. The minimum atomic E-state index is -0.0417. The molecule has 5 nitrogen and oxygen atoms in total. The third-order valence-electron chi connectivity index (χ3n) is 4.12. The van der Waals surface area contributed by atoms with Crippen LogP contribution in [0.1, 0.15) is 11.5 Å². The second-order valence-electron chi connectivity index (χ2n) is 5.52. The van der Waals surface area contributed by atoms with Crippen LogP contribution in [0.3, 0.4) is 0 Å². The molecule has 0 aromatic heterocycles. The molecule has 0 spiro atoms. The van der Waals surface area contributed by atoms with Gasteiger partial charge in [-0.25, -0.2) is 0 Å². The zero-order valence-electron chi connectivity index (χ0n) is 11.8. The predicted octanol–water partition coefficient (Wildman–Crippen LogP) is 1.11. The number of amides is 2. The van der Waals surface area contributed by atoms with Gasteiger partial charge in [-0.15, -0.1) is 0 Å². The number of carbonyl (C=O) groups is 2. The van der Waals surface area contributed by atoms with Gasteiger partial charge in [-0.05, 0) is 5.56 Å². The Morgan fingerprint density at radius 3 is 2.71 bits per heavy atom. The quantitative estimate of drug-likeness (QED) is 0.908. The van der Waals surface area contributed by atoms with Gasteiger partial charge in [0.25, 0.3) is 5.24 Å². The van der Waals surface area contributed by atoms with Crippen LogP contribution in [0.2, 0.25) is 0 Å². The fraction of sp³-hybridized carbons (Fsp3) is 0.467. The topological polar surface area (TPSA) is 66.6 Å². The van der Waals surface area contributed by atoms with E-state index >= 15 is 0 Å². The molecule has 0 bridgehead atoms. The zero-order valence-corrected chi connectivity index (χ0v) is 12.6. The molecular formula is C15H19N3O2S. The summed E-state index contributed by atoms with van der Waals surface area (Å²) in [5.74, 6) is 0.955. The lowest BCUT2D eigenvalue weighted by atomic mass is 9.95. The van der Waals surface area contributed by atoms with Gasteiger partial charge in [-0.1, -0.05) is 42.1 Å². The normalized spacial score (nSPS) is 25.7. The van der Waals surface area contributed by atoms with Crippen molar-refractivity contribution in [3.63, 3.8) is 0 Å². The molecule has 2 aliphatic heterocycles. The molecule has 3 rings (SSSR count). The third-order valence-corrected chi connectivity index (χ3v) is 5.01. The Hall–Kier alpha value is -1.53. The fourth-order valence-corrected chi connectivity index (χ4v) is 3.74. The Labute approximate surface area is 128 Å². The van der Waals surface area contributed by atoms with E-state index < -0.39 is 0 Å². The van der Waals surface area contributed by atoms with Gasteiger partial charge in [0, 0.05) is 37.3 Å². The summed E-state index contributed by atoms with van der Waals surface area (Å²) >= 11 is 1.28. The Morgan fingerprint density at radius 1 is 1.29 bits per heavy atom. The highest BCUT2D eigenvalue weighted by Gasteiger charge is 2.35. The van der Waals surface area contributed by atoms with E-state index in [-0.39, 0.29) is 29.7 Å². The van der Waals surface area contributed by atoms with Gasteiger partial charge >= 0.3 is 0 Å². The molecule has 2 atom stereocenters. The lowest BCUT2D eigenvalue weighted by molar-refractivity contribution is -0.130. The number of carbonyl (C=O) groups excluding carboxylic acids is 2. The minimum Gasteiger partial charge on any atom is -0.339 e. The van der Waals surface area contributed by atoms with Crippen LogP contribution in [0.4, 0.5) is 4.79 Å². The predicted molar refractivity (Wildman–Crippen MR) is 83.2 cm³/mol. The molecule has 1 aromatic carbocycles. The van der Waals surface area contributed by atoms with E-state index in [4.69, 9.17) is 5.73 Å². The molecule has 21 heavy (non-hydrogen) atoms. The van der Waals surface area contributed by atoms with E-state index in [0.29, 0.717) is 19.6 Å². The number of benzene rings is 1. The Kier molecular flexibility index (Phi) is 4.17. The van der Waals surface area contributed by atoms with Crippen LogP contribution < -0.4 is 5.73 Å². The number of likely N-dealkylation sites (tertiary alicyclic amines) is 1. The largest absolute Gasteiger partial charge is 0.339 e. The van der Waals surface area contributed by atoms with E-state index in [1.54, 1.807) is 9.80 Å². The van der Waals surface area contributed by atoms with E-state index in [0.717, 1.165) is 5.75 Å². The summed E-state index contributed by atoms with van der Waals surface area (Å²) in [5.41, 5.74) is 7.37. The summed E-state index contributed by atoms with van der Waals surface area (Å²) in [5, 5.41) is 0.00598. The highest BCUT2D eigenvalue weighted by Crippen LogP contribution is 2.27. The van der Waals surface area contributed by atoms with Gasteiger partial charge in [0.1, 0.15) is 6.54 Å². The second kappa shape index (κ2) is 6.07. The van der Waals surface area contributed by atoms with Crippen molar-refractivity contribution in [1.82, 2.24) is 9.80 Å². The first kappa shape index (κ1) is 14.4. The van der Waals surface area contributed by atoms with E-state index in [1.807, 2.05) is 18.2 Å². The summed E-state index contributed by atoms with van der Waals surface area (Å²) in [6.07, 6.45) is 0. The third kappa shape index (κ3) is 3.06. The molecule has 2 N–H and O–H groups in total. The summed E-state index contributed by atoms with van der Waals surface area (Å²) in [6.45, 7) is 2.05. The molecule has 1 aromatic rings. The van der Waals surface area contributed by atoms with Crippen molar-refractivity contribution < 1.29 is 9.59 Å². The number of nitrogens with zero attached hydrogens (tertiary/aromatic N) is 2. The molecular weight excluding hydrogens is 286 g/mol. The smallest absolute Gasteiger partial charge is 0.282 e. The molecule has 0 saturated carbocycles. The fourth-order valence-electron chi connectivity index (χ4n) is 2.92. The zero-order chi connectivity index (χ0) is 14.8. The Bertz CT molecular complexity index is 537. The maximum atomic E-state index is 12.3. The van der Waals surface area contributed by atoms with Crippen molar-refractivity contribution in [2.45, 2.75) is 12.0 Å². The van der Waals surface area contributed by atoms with Crippen molar-refractivity contribution in [1.29, 1.82) is 0 Å². The van der Waals surface area contributed by atoms with Crippen molar-refractivity contribution >= 4 is 22.9 Å². The SMILES string of the molecule is N[C@@H]1CN(C(=O)CN2CCSC2=O)C[C@H]1c1ccccc1. The Morgan fingerprint density at radius 2 is 2.05 bits per heavy atom. The number of hydrogen-bond acceptors (Lipinski definition) is 4. The first-order chi connectivity index (χ1) is 10.1. The molecule has 2 saturated heterocycles. The molecule has 0 radical (unpaired) electrons. The summed E-state index contributed by atoms with van der Waals surface area (Å²) in [4.78, 5) is 27.3. The van der Waals surface area contributed by atoms with Crippen LogP contribution in [-0.4, -0.2) is 58.9 Å². The first-order valence-corrected chi connectivity index (χ1v) is 8.13. The summed E-state index contributed by atoms with van der Waals surface area (Å²) < 4.78 is 0. The van der Waals surface area contributed by atoms with Crippen molar-refractivity contribution in [2.75, 3.05) is 31.9 Å². The molecule has 2 amide bonds. The van der Waals surface area contributed by atoms with Gasteiger partial charge in [0.2, 0.25) is 5.91 Å². The molecule has 6 heteroatoms. The standard InChI is InChI=1S/C15H19N3O2S/c16-13-9-18(8-12(13)11-4-2-1-3-5-11)14(19)10-17-6-7-21-15(17)20/h1-5,12-13H,6-10,16H2/t12-,13+/m0/s1. The monoisotopic (exact) mass is 305 g/mol. The number of nitrogens with two attached hydrogens (primary N) is 1. The molecule has 2 fully saturated rings. The van der Waals surface area contributed by atoms with Crippen LogP contribution in [0.15, 0.2) is 30.3 Å². The lowest BCUT2D eigenvalue weighted by Crippen LogP contribution is -2.40. The van der Waals surface area contributed by atoms with Gasteiger partial charge in [0.05, 0.1) is 0 Å². The number of thioether (sulfide) groups is 1. The number of hydrogen-bond donors (Lipinski definition) is 1. The average molecular weight is 305 g/mol. The van der Waals surface area contributed by atoms with E-state index in [2.05, 4.69) is 12.1 Å². The van der Waals surface area contributed by atoms with Crippen molar-refractivity contribution in [2.24, 2.45) is 5.73 Å². The van der Waals surface area contributed by atoms with Crippen LogP contribution in [0.5, 0.6) is 0 Å². The first-order valence-electron chi connectivity index (χ1n) is 7.15. The van der Waals surface area contributed by atoms with Gasteiger partial charge in [0.15, 0.2) is 0 Å². The minimum absolute atomic E-state index is 0.000249. The van der Waals surface area contributed by atoms with Crippen LogP contribution in [0.25, 0.3) is 0 Å². The highest BCUT2D eigenvalue weighted by molar-refractivity contribution is 8.13. The molecule has 2 aliphatic rings. The number of rotatable bonds is 3. The van der Waals surface area contributed by atoms with Crippen molar-refractivity contribution in [3.8, 4) is 0 Å². The average Bonchev–Trinajstić information content (AvgIpc) is 3.07. The lowest BCUT2D eigenvalue weighted by Gasteiger charge is -2.20. The molecule has 2 heterocycles. The van der Waals surface area contributed by atoms with Crippen molar-refractivity contribution in [3.05, 3.63) is 35.9 Å². The summed E-state index contributed by atoms with van der Waals surface area (Å²) in [7, 11) is 0. The maximum Gasteiger partial charge on any atom is 0.282 e. The van der Waals surface area contributed by atoms with Gasteiger partial charge in [-0.3, -0.25) is 9.59 Å². The van der Waals surface area contributed by atoms with E-state index in [1.165, 1.54) is 17.3 Å². The molecule has 112 valence electrons. The maximum absolute atomic E-state index is 12.3. The summed E-state index contributed by atoms with van der Waals surface area (Å²) in [6, 6.07) is 10.0. The Balaban J connectivity index is 1.63.